The van der Waals surface area contributed by atoms with Crippen LogP contribution in [0.4, 0.5) is 10.2 Å². The molecular weight excluding hydrogens is 253 g/mol. The van der Waals surface area contributed by atoms with Gasteiger partial charge in [-0.3, -0.25) is 0 Å². The zero-order valence-electron chi connectivity index (χ0n) is 11.0. The predicted octanol–water partition coefficient (Wildman–Crippen LogP) is 3.57. The van der Waals surface area contributed by atoms with Crippen molar-refractivity contribution in [3.05, 3.63) is 66.0 Å². The van der Waals surface area contributed by atoms with Gasteiger partial charge in [-0.1, -0.05) is 30.3 Å². The summed E-state index contributed by atoms with van der Waals surface area (Å²) in [5.74, 6) is 0.170. The van der Waals surface area contributed by atoms with Crippen molar-refractivity contribution in [2.75, 3.05) is 5.73 Å². The molecule has 2 N–H and O–H groups in total. The van der Waals surface area contributed by atoms with Crippen LogP contribution in [0.25, 0.3) is 16.9 Å². The molecule has 20 heavy (non-hydrogen) atoms. The van der Waals surface area contributed by atoms with Crippen molar-refractivity contribution in [2.24, 2.45) is 0 Å². The van der Waals surface area contributed by atoms with Crippen molar-refractivity contribution in [2.45, 2.75) is 6.92 Å². The van der Waals surface area contributed by atoms with Gasteiger partial charge < -0.3 is 5.73 Å². The van der Waals surface area contributed by atoms with E-state index in [4.69, 9.17) is 5.73 Å². The van der Waals surface area contributed by atoms with Gasteiger partial charge in [0, 0.05) is 11.6 Å². The maximum Gasteiger partial charge on any atom is 0.127 e. The Morgan fingerprint density at radius 2 is 1.85 bits per heavy atom. The fraction of sp³-hybridized carbons (Fsp3) is 0.0625. The quantitative estimate of drug-likeness (QED) is 0.771. The van der Waals surface area contributed by atoms with Crippen LogP contribution in [0.3, 0.4) is 0 Å². The topological polar surface area (TPSA) is 43.8 Å². The molecule has 4 heteroatoms. The summed E-state index contributed by atoms with van der Waals surface area (Å²) in [6.07, 6.45) is 0. The van der Waals surface area contributed by atoms with Crippen molar-refractivity contribution >= 4 is 5.82 Å². The number of halogens is 1. The van der Waals surface area contributed by atoms with E-state index in [0.717, 1.165) is 16.8 Å². The normalized spacial score (nSPS) is 10.7. The minimum atomic E-state index is -0.310. The third-order valence-electron chi connectivity index (χ3n) is 3.21. The van der Waals surface area contributed by atoms with E-state index < -0.39 is 0 Å². The average Bonchev–Trinajstić information content (AvgIpc) is 2.81. The standard InChI is InChI=1S/C16H14FN3/c1-11-5-2-3-8-14(11)15-10-16(18)20(19-15)13-7-4-6-12(17)9-13/h2-10H,18H2,1H3. The molecule has 1 aromatic heterocycles. The van der Waals surface area contributed by atoms with Gasteiger partial charge in [0.1, 0.15) is 11.6 Å². The first kappa shape index (κ1) is 12.4. The van der Waals surface area contributed by atoms with E-state index in [1.807, 2.05) is 31.2 Å². The molecule has 0 spiro atoms. The second-order valence-corrected chi connectivity index (χ2v) is 4.66. The van der Waals surface area contributed by atoms with Gasteiger partial charge in [0.2, 0.25) is 0 Å². The van der Waals surface area contributed by atoms with Crippen molar-refractivity contribution in [1.29, 1.82) is 0 Å². The van der Waals surface area contributed by atoms with Crippen molar-refractivity contribution in [3.63, 3.8) is 0 Å². The van der Waals surface area contributed by atoms with Crippen LogP contribution < -0.4 is 5.73 Å². The van der Waals surface area contributed by atoms with Crippen LogP contribution >= 0.6 is 0 Å². The van der Waals surface area contributed by atoms with Crippen LogP contribution in [0.2, 0.25) is 0 Å². The number of aryl methyl sites for hydroxylation is 1. The number of aromatic nitrogens is 2. The highest BCUT2D eigenvalue weighted by Crippen LogP contribution is 2.25. The third kappa shape index (κ3) is 2.16. The highest BCUT2D eigenvalue weighted by Gasteiger charge is 2.10. The van der Waals surface area contributed by atoms with E-state index in [0.29, 0.717) is 11.5 Å². The molecule has 3 aromatic rings. The summed E-state index contributed by atoms with van der Waals surface area (Å²) in [7, 11) is 0. The van der Waals surface area contributed by atoms with Gasteiger partial charge in [0.05, 0.1) is 11.4 Å². The van der Waals surface area contributed by atoms with Gasteiger partial charge in [-0.25, -0.2) is 9.07 Å². The molecule has 0 fully saturated rings. The molecule has 100 valence electrons. The van der Waals surface area contributed by atoms with Gasteiger partial charge in [-0.15, -0.1) is 0 Å². The first-order valence-electron chi connectivity index (χ1n) is 6.32. The molecular formula is C16H14FN3. The maximum atomic E-state index is 13.3. The molecule has 0 bridgehead atoms. The van der Waals surface area contributed by atoms with Crippen LogP contribution in [-0.2, 0) is 0 Å². The van der Waals surface area contributed by atoms with Gasteiger partial charge in [-0.2, -0.15) is 5.10 Å². The Balaban J connectivity index is 2.10. The highest BCUT2D eigenvalue weighted by atomic mass is 19.1. The molecule has 0 unspecified atom stereocenters. The maximum absolute atomic E-state index is 13.3. The van der Waals surface area contributed by atoms with E-state index >= 15 is 0 Å². The van der Waals surface area contributed by atoms with Crippen molar-refractivity contribution in [3.8, 4) is 16.9 Å². The lowest BCUT2D eigenvalue weighted by atomic mass is 10.1. The average molecular weight is 267 g/mol. The summed E-state index contributed by atoms with van der Waals surface area (Å²) in [6.45, 7) is 2.02. The number of rotatable bonds is 2. The first-order chi connectivity index (χ1) is 9.65. The summed E-state index contributed by atoms with van der Waals surface area (Å²) in [5, 5.41) is 4.48. The minimum absolute atomic E-state index is 0.310. The van der Waals surface area contributed by atoms with Gasteiger partial charge in [-0.05, 0) is 30.7 Å². The predicted molar refractivity (Wildman–Crippen MR) is 78.1 cm³/mol. The van der Waals surface area contributed by atoms with E-state index in [-0.39, 0.29) is 5.82 Å². The van der Waals surface area contributed by atoms with E-state index in [2.05, 4.69) is 5.10 Å². The van der Waals surface area contributed by atoms with Crippen LogP contribution in [0.15, 0.2) is 54.6 Å². The lowest BCUT2D eigenvalue weighted by Crippen LogP contribution is -2.01. The number of nitrogens with two attached hydrogens (primary N) is 1. The Bertz CT molecular complexity index is 762. The molecule has 0 aliphatic heterocycles. The van der Waals surface area contributed by atoms with E-state index in [1.54, 1.807) is 22.9 Å². The molecule has 0 saturated heterocycles. The van der Waals surface area contributed by atoms with E-state index in [9.17, 15) is 4.39 Å². The monoisotopic (exact) mass is 267 g/mol. The molecule has 0 aliphatic carbocycles. The van der Waals surface area contributed by atoms with E-state index in [1.165, 1.54) is 12.1 Å². The number of nitrogen functional groups attached to an aromatic ring is 1. The Labute approximate surface area is 116 Å². The Kier molecular flexibility index (Phi) is 2.99. The van der Waals surface area contributed by atoms with Gasteiger partial charge in [0.25, 0.3) is 0 Å². The Hall–Kier alpha value is -2.62. The molecule has 0 saturated carbocycles. The molecule has 0 amide bonds. The fourth-order valence-electron chi connectivity index (χ4n) is 2.20. The molecule has 0 radical (unpaired) electrons. The fourth-order valence-corrected chi connectivity index (χ4v) is 2.20. The number of nitrogens with zero attached hydrogens (tertiary/aromatic N) is 2. The molecule has 0 atom stereocenters. The smallest absolute Gasteiger partial charge is 0.127 e. The molecule has 0 aliphatic rings. The first-order valence-corrected chi connectivity index (χ1v) is 6.32. The van der Waals surface area contributed by atoms with Gasteiger partial charge in [0.15, 0.2) is 0 Å². The Morgan fingerprint density at radius 3 is 2.60 bits per heavy atom. The lowest BCUT2D eigenvalue weighted by Gasteiger charge is -2.04. The number of hydrogen-bond acceptors (Lipinski definition) is 2. The molecule has 2 aromatic carbocycles. The molecule has 3 rings (SSSR count). The second-order valence-electron chi connectivity index (χ2n) is 4.66. The van der Waals surface area contributed by atoms with Crippen molar-refractivity contribution < 1.29 is 4.39 Å². The summed E-state index contributed by atoms with van der Waals surface area (Å²) < 4.78 is 14.8. The summed E-state index contributed by atoms with van der Waals surface area (Å²) in [6, 6.07) is 16.0. The second kappa shape index (κ2) is 4.81. The number of anilines is 1. The zero-order valence-corrected chi connectivity index (χ0v) is 11.0. The van der Waals surface area contributed by atoms with Crippen molar-refractivity contribution in [1.82, 2.24) is 9.78 Å². The minimum Gasteiger partial charge on any atom is -0.384 e. The highest BCUT2D eigenvalue weighted by molar-refractivity contribution is 5.66. The third-order valence-corrected chi connectivity index (χ3v) is 3.21. The lowest BCUT2D eigenvalue weighted by molar-refractivity contribution is 0.625. The van der Waals surface area contributed by atoms with Crippen LogP contribution in [0.5, 0.6) is 0 Å². The van der Waals surface area contributed by atoms with Crippen LogP contribution in [0.1, 0.15) is 5.56 Å². The zero-order chi connectivity index (χ0) is 14.1. The Morgan fingerprint density at radius 1 is 1.05 bits per heavy atom. The van der Waals surface area contributed by atoms with Crippen LogP contribution in [0, 0.1) is 12.7 Å². The van der Waals surface area contributed by atoms with Crippen LogP contribution in [-0.4, -0.2) is 9.78 Å². The largest absolute Gasteiger partial charge is 0.384 e. The number of hydrogen-bond donors (Lipinski definition) is 1. The summed E-state index contributed by atoms with van der Waals surface area (Å²) in [5.41, 5.74) is 9.53. The SMILES string of the molecule is Cc1ccccc1-c1cc(N)n(-c2cccc(F)c2)n1. The number of benzene rings is 2. The molecule has 1 heterocycles. The van der Waals surface area contributed by atoms with Gasteiger partial charge >= 0.3 is 0 Å². The summed E-state index contributed by atoms with van der Waals surface area (Å²) >= 11 is 0. The molecule has 3 nitrogen and oxygen atoms in total. The summed E-state index contributed by atoms with van der Waals surface area (Å²) in [4.78, 5) is 0.